The number of unbranched alkanes of at least 4 members (excludes halogenated alkanes) is 3. The summed E-state index contributed by atoms with van der Waals surface area (Å²) < 4.78 is 1.46. The summed E-state index contributed by atoms with van der Waals surface area (Å²) in [5.41, 5.74) is 6.83. The van der Waals surface area contributed by atoms with Crippen molar-refractivity contribution in [2.75, 3.05) is 11.9 Å². The third-order valence-corrected chi connectivity index (χ3v) is 3.07. The SMILES string of the molecule is Cc1cc(=O)n(C)cc1NC(=O)CCCCCCN. The van der Waals surface area contributed by atoms with Crippen molar-refractivity contribution in [3.63, 3.8) is 0 Å². The Kier molecular flexibility index (Phi) is 6.29. The number of carbonyl (C=O) groups is 1. The van der Waals surface area contributed by atoms with Crippen LogP contribution in [0.25, 0.3) is 0 Å². The number of nitrogens with one attached hydrogen (secondary N) is 1. The summed E-state index contributed by atoms with van der Waals surface area (Å²) in [4.78, 5) is 23.2. The van der Waals surface area contributed by atoms with Crippen LogP contribution in [0, 0.1) is 6.92 Å². The second kappa shape index (κ2) is 7.74. The first-order valence-corrected chi connectivity index (χ1v) is 6.72. The molecule has 3 N–H and O–H groups in total. The highest BCUT2D eigenvalue weighted by molar-refractivity contribution is 5.91. The lowest BCUT2D eigenvalue weighted by molar-refractivity contribution is -0.116. The molecule has 1 aromatic heterocycles. The Bertz CT molecular complexity index is 480. The minimum atomic E-state index is -0.0720. The molecular weight excluding hydrogens is 242 g/mol. The van der Waals surface area contributed by atoms with Crippen molar-refractivity contribution in [2.24, 2.45) is 12.8 Å². The van der Waals surface area contributed by atoms with Crippen LogP contribution in [0.4, 0.5) is 5.69 Å². The Morgan fingerprint density at radius 1 is 1.32 bits per heavy atom. The first-order chi connectivity index (χ1) is 9.04. The molecule has 0 fully saturated rings. The molecule has 0 atom stereocenters. The molecule has 1 rings (SSSR count). The first kappa shape index (κ1) is 15.4. The number of nitrogens with two attached hydrogens (primary N) is 1. The molecule has 0 spiro atoms. The number of aryl methyl sites for hydroxylation is 2. The third kappa shape index (κ3) is 5.26. The lowest BCUT2D eigenvalue weighted by atomic mass is 10.1. The lowest BCUT2D eigenvalue weighted by Gasteiger charge is -2.09. The van der Waals surface area contributed by atoms with Crippen LogP contribution in [-0.2, 0) is 11.8 Å². The van der Waals surface area contributed by atoms with Gasteiger partial charge in [0.1, 0.15) is 0 Å². The average Bonchev–Trinajstić information content (AvgIpc) is 2.35. The van der Waals surface area contributed by atoms with Gasteiger partial charge in [-0.3, -0.25) is 9.59 Å². The first-order valence-electron chi connectivity index (χ1n) is 6.72. The molecule has 5 nitrogen and oxygen atoms in total. The van der Waals surface area contributed by atoms with Gasteiger partial charge < -0.3 is 15.6 Å². The van der Waals surface area contributed by atoms with E-state index in [4.69, 9.17) is 5.73 Å². The number of hydrogen-bond acceptors (Lipinski definition) is 3. The van der Waals surface area contributed by atoms with Gasteiger partial charge in [-0.1, -0.05) is 12.8 Å². The zero-order valence-electron chi connectivity index (χ0n) is 11.7. The Labute approximate surface area is 113 Å². The number of anilines is 1. The van der Waals surface area contributed by atoms with Crippen LogP contribution in [0.15, 0.2) is 17.1 Å². The van der Waals surface area contributed by atoms with E-state index in [1.54, 1.807) is 13.2 Å². The molecule has 1 amide bonds. The van der Waals surface area contributed by atoms with Gasteiger partial charge in [0.25, 0.3) is 5.56 Å². The van der Waals surface area contributed by atoms with Gasteiger partial charge >= 0.3 is 0 Å². The van der Waals surface area contributed by atoms with Gasteiger partial charge in [-0.05, 0) is 31.9 Å². The van der Waals surface area contributed by atoms with Crippen molar-refractivity contribution in [1.29, 1.82) is 0 Å². The maximum Gasteiger partial charge on any atom is 0.250 e. The Morgan fingerprint density at radius 3 is 2.68 bits per heavy atom. The van der Waals surface area contributed by atoms with Crippen molar-refractivity contribution in [2.45, 2.75) is 39.0 Å². The van der Waals surface area contributed by atoms with Gasteiger partial charge in [-0.15, -0.1) is 0 Å². The number of rotatable bonds is 7. The largest absolute Gasteiger partial charge is 0.330 e. The number of amides is 1. The van der Waals surface area contributed by atoms with E-state index >= 15 is 0 Å². The minimum Gasteiger partial charge on any atom is -0.330 e. The molecule has 0 radical (unpaired) electrons. The fraction of sp³-hybridized carbons (Fsp3) is 0.571. The van der Waals surface area contributed by atoms with Gasteiger partial charge in [0.2, 0.25) is 5.91 Å². The highest BCUT2D eigenvalue weighted by atomic mass is 16.1. The van der Waals surface area contributed by atoms with E-state index in [9.17, 15) is 9.59 Å². The lowest BCUT2D eigenvalue weighted by Crippen LogP contribution is -2.19. The predicted molar refractivity (Wildman–Crippen MR) is 77.2 cm³/mol. The third-order valence-electron chi connectivity index (χ3n) is 3.07. The monoisotopic (exact) mass is 265 g/mol. The molecule has 5 heteroatoms. The summed E-state index contributed by atoms with van der Waals surface area (Å²) in [5, 5.41) is 2.85. The summed E-state index contributed by atoms with van der Waals surface area (Å²) in [6.45, 7) is 2.53. The van der Waals surface area contributed by atoms with Crippen molar-refractivity contribution >= 4 is 11.6 Å². The van der Waals surface area contributed by atoms with E-state index in [0.717, 1.165) is 31.2 Å². The normalized spacial score (nSPS) is 10.5. The van der Waals surface area contributed by atoms with Crippen LogP contribution in [0.3, 0.4) is 0 Å². The van der Waals surface area contributed by atoms with Gasteiger partial charge in [0, 0.05) is 25.7 Å². The van der Waals surface area contributed by atoms with E-state index in [-0.39, 0.29) is 11.5 Å². The predicted octanol–water partition coefficient (Wildman–Crippen LogP) is 1.54. The molecule has 0 aliphatic heterocycles. The molecule has 1 aromatic rings. The molecule has 0 saturated heterocycles. The molecule has 0 aliphatic carbocycles. The fourth-order valence-corrected chi connectivity index (χ4v) is 1.85. The number of aromatic nitrogens is 1. The summed E-state index contributed by atoms with van der Waals surface area (Å²) in [6.07, 6.45) is 6.15. The van der Waals surface area contributed by atoms with Crippen molar-refractivity contribution < 1.29 is 4.79 Å². The molecule has 0 aliphatic rings. The van der Waals surface area contributed by atoms with Crippen LogP contribution in [0.5, 0.6) is 0 Å². The molecule has 0 saturated carbocycles. The van der Waals surface area contributed by atoms with Gasteiger partial charge in [-0.2, -0.15) is 0 Å². The highest BCUT2D eigenvalue weighted by Crippen LogP contribution is 2.12. The Hall–Kier alpha value is -1.62. The maximum atomic E-state index is 11.8. The molecule has 0 aromatic carbocycles. The second-order valence-corrected chi connectivity index (χ2v) is 4.82. The van der Waals surface area contributed by atoms with E-state index in [2.05, 4.69) is 5.32 Å². The van der Waals surface area contributed by atoms with Crippen LogP contribution < -0.4 is 16.6 Å². The van der Waals surface area contributed by atoms with E-state index < -0.39 is 0 Å². The van der Waals surface area contributed by atoms with Crippen molar-refractivity contribution in [3.8, 4) is 0 Å². The summed E-state index contributed by atoms with van der Waals surface area (Å²) in [7, 11) is 1.67. The number of carbonyl (C=O) groups excluding carboxylic acids is 1. The average molecular weight is 265 g/mol. The number of nitrogens with zero attached hydrogens (tertiary/aromatic N) is 1. The standard InChI is InChI=1S/C14H23N3O2/c1-11-9-14(19)17(2)10-12(11)16-13(18)7-5-3-4-6-8-15/h9-10H,3-8,15H2,1-2H3,(H,16,18). The molecule has 0 bridgehead atoms. The maximum absolute atomic E-state index is 11.8. The van der Waals surface area contributed by atoms with Crippen LogP contribution >= 0.6 is 0 Å². The number of hydrogen-bond donors (Lipinski definition) is 2. The van der Waals surface area contributed by atoms with Crippen molar-refractivity contribution in [1.82, 2.24) is 4.57 Å². The minimum absolute atomic E-state index is 0.00509. The molecule has 19 heavy (non-hydrogen) atoms. The Balaban J connectivity index is 2.44. The molecular formula is C14H23N3O2. The van der Waals surface area contributed by atoms with E-state index in [0.29, 0.717) is 18.7 Å². The summed E-state index contributed by atoms with van der Waals surface area (Å²) >= 11 is 0. The fourth-order valence-electron chi connectivity index (χ4n) is 1.85. The van der Waals surface area contributed by atoms with Crippen LogP contribution in [0.1, 0.15) is 37.7 Å². The van der Waals surface area contributed by atoms with Gasteiger partial charge in [0.05, 0.1) is 5.69 Å². The zero-order chi connectivity index (χ0) is 14.3. The second-order valence-electron chi connectivity index (χ2n) is 4.82. The zero-order valence-corrected chi connectivity index (χ0v) is 11.7. The van der Waals surface area contributed by atoms with E-state index in [1.807, 2.05) is 6.92 Å². The van der Waals surface area contributed by atoms with Gasteiger partial charge in [-0.25, -0.2) is 0 Å². The smallest absolute Gasteiger partial charge is 0.250 e. The quantitative estimate of drug-likeness (QED) is 0.734. The topological polar surface area (TPSA) is 77.1 Å². The Morgan fingerprint density at radius 2 is 2.00 bits per heavy atom. The summed E-state index contributed by atoms with van der Waals surface area (Å²) in [5.74, 6) is -0.00509. The summed E-state index contributed by atoms with van der Waals surface area (Å²) in [6, 6.07) is 1.52. The van der Waals surface area contributed by atoms with E-state index in [1.165, 1.54) is 10.6 Å². The van der Waals surface area contributed by atoms with Crippen LogP contribution in [0.2, 0.25) is 0 Å². The highest BCUT2D eigenvalue weighted by Gasteiger charge is 2.06. The molecule has 106 valence electrons. The van der Waals surface area contributed by atoms with Crippen molar-refractivity contribution in [3.05, 3.63) is 28.2 Å². The molecule has 0 unspecified atom stereocenters. The van der Waals surface area contributed by atoms with Gasteiger partial charge in [0.15, 0.2) is 0 Å². The number of pyridine rings is 1. The molecule has 1 heterocycles. The van der Waals surface area contributed by atoms with Crippen LogP contribution in [-0.4, -0.2) is 17.0 Å².